The molecule has 0 aliphatic rings. The van der Waals surface area contributed by atoms with Crippen LogP contribution in [0.15, 0.2) is 48.5 Å². The molecule has 3 rings (SSSR count). The number of nitrogen functional groups attached to an aromatic ring is 1. The lowest BCUT2D eigenvalue weighted by Crippen LogP contribution is -2.13. The fraction of sp³-hybridized carbons (Fsp3) is 0.0588. The van der Waals surface area contributed by atoms with Gasteiger partial charge in [0.2, 0.25) is 0 Å². The second kappa shape index (κ2) is 6.90. The van der Waals surface area contributed by atoms with Gasteiger partial charge in [0.05, 0.1) is 0 Å². The summed E-state index contributed by atoms with van der Waals surface area (Å²) in [5, 5.41) is 7.07. The molecule has 1 aromatic heterocycles. The maximum absolute atomic E-state index is 12.5. The van der Waals surface area contributed by atoms with Gasteiger partial charge in [-0.2, -0.15) is 0 Å². The van der Waals surface area contributed by atoms with Crippen molar-refractivity contribution < 1.29 is 4.79 Å². The highest BCUT2D eigenvalue weighted by Gasteiger charge is 2.17. The fourth-order valence-corrected chi connectivity index (χ4v) is 3.07. The number of carbonyl (C=O) groups is 1. The van der Waals surface area contributed by atoms with E-state index in [1.54, 1.807) is 12.1 Å². The highest BCUT2D eigenvalue weighted by atomic mass is 35.5. The number of benzene rings is 2. The Kier molecular flexibility index (Phi) is 4.69. The number of para-hydroxylation sites is 1. The van der Waals surface area contributed by atoms with Crippen LogP contribution in [0.25, 0.3) is 0 Å². The Labute approximate surface area is 148 Å². The van der Waals surface area contributed by atoms with E-state index in [2.05, 4.69) is 15.6 Å². The van der Waals surface area contributed by atoms with Gasteiger partial charge in [0.15, 0.2) is 5.13 Å². The number of nitrogens with two attached hydrogens (primary N) is 1. The summed E-state index contributed by atoms with van der Waals surface area (Å²) >= 11 is 7.18. The molecule has 1 heterocycles. The molecule has 0 unspecified atom stereocenters. The van der Waals surface area contributed by atoms with Crippen LogP contribution in [-0.4, -0.2) is 10.9 Å². The third-order valence-corrected chi connectivity index (χ3v) is 4.55. The molecule has 0 saturated carbocycles. The van der Waals surface area contributed by atoms with Crippen LogP contribution in [0.3, 0.4) is 0 Å². The number of aryl methyl sites for hydroxylation is 1. The average Bonchev–Trinajstić information content (AvgIpc) is 2.92. The standard InChI is InChI=1S/C17H15ClN4OS/c1-10-7-8-11(18)9-13(10)21-16(23)14-15(19)22-17(24-14)20-12-5-3-2-4-6-12/h2-9H,19H2,1H3,(H,20,22)(H,21,23). The molecular formula is C17H15ClN4OS. The summed E-state index contributed by atoms with van der Waals surface area (Å²) in [6.45, 7) is 1.89. The molecule has 3 aromatic rings. The Morgan fingerprint density at radius 1 is 1.21 bits per heavy atom. The zero-order valence-electron chi connectivity index (χ0n) is 12.8. The summed E-state index contributed by atoms with van der Waals surface area (Å²) in [7, 11) is 0. The number of halogens is 1. The summed E-state index contributed by atoms with van der Waals surface area (Å²) < 4.78 is 0. The van der Waals surface area contributed by atoms with Gasteiger partial charge in [0, 0.05) is 16.4 Å². The van der Waals surface area contributed by atoms with Crippen LogP contribution in [0, 0.1) is 6.92 Å². The van der Waals surface area contributed by atoms with Gasteiger partial charge < -0.3 is 16.4 Å². The number of anilines is 4. The third kappa shape index (κ3) is 3.67. The molecule has 0 aliphatic heterocycles. The van der Waals surface area contributed by atoms with Gasteiger partial charge >= 0.3 is 0 Å². The van der Waals surface area contributed by atoms with Crippen LogP contribution in [0.2, 0.25) is 5.02 Å². The Morgan fingerprint density at radius 3 is 2.71 bits per heavy atom. The summed E-state index contributed by atoms with van der Waals surface area (Å²) in [6, 6.07) is 14.9. The number of carbonyl (C=O) groups excluding carboxylic acids is 1. The minimum Gasteiger partial charge on any atom is -0.382 e. The lowest BCUT2D eigenvalue weighted by molar-refractivity contribution is 0.103. The van der Waals surface area contributed by atoms with Crippen molar-refractivity contribution in [1.29, 1.82) is 0 Å². The topological polar surface area (TPSA) is 80.0 Å². The number of hydrogen-bond donors (Lipinski definition) is 3. The third-order valence-electron chi connectivity index (χ3n) is 3.33. The van der Waals surface area contributed by atoms with Crippen LogP contribution >= 0.6 is 22.9 Å². The minimum absolute atomic E-state index is 0.190. The van der Waals surface area contributed by atoms with Crippen molar-refractivity contribution in [1.82, 2.24) is 4.98 Å². The predicted octanol–water partition coefficient (Wildman–Crippen LogP) is 4.68. The first-order valence-electron chi connectivity index (χ1n) is 7.19. The van der Waals surface area contributed by atoms with Crippen LogP contribution in [-0.2, 0) is 0 Å². The van der Waals surface area contributed by atoms with Crippen molar-refractivity contribution in [3.8, 4) is 0 Å². The van der Waals surface area contributed by atoms with E-state index in [9.17, 15) is 4.79 Å². The SMILES string of the molecule is Cc1ccc(Cl)cc1NC(=O)c1sc(Nc2ccccc2)nc1N. The minimum atomic E-state index is -0.309. The molecule has 0 aliphatic carbocycles. The van der Waals surface area contributed by atoms with Crippen LogP contribution < -0.4 is 16.4 Å². The maximum Gasteiger partial charge on any atom is 0.269 e. The molecule has 0 bridgehead atoms. The van der Waals surface area contributed by atoms with E-state index in [0.29, 0.717) is 20.7 Å². The Bertz CT molecular complexity index is 880. The Balaban J connectivity index is 1.79. The van der Waals surface area contributed by atoms with E-state index in [1.165, 1.54) is 11.3 Å². The van der Waals surface area contributed by atoms with E-state index < -0.39 is 0 Å². The van der Waals surface area contributed by atoms with Gasteiger partial charge in [0.25, 0.3) is 5.91 Å². The monoisotopic (exact) mass is 358 g/mol. The second-order valence-corrected chi connectivity index (χ2v) is 6.57. The molecule has 24 heavy (non-hydrogen) atoms. The molecular weight excluding hydrogens is 344 g/mol. The second-order valence-electron chi connectivity index (χ2n) is 5.14. The average molecular weight is 359 g/mol. The highest BCUT2D eigenvalue weighted by Crippen LogP contribution is 2.29. The highest BCUT2D eigenvalue weighted by molar-refractivity contribution is 7.18. The number of aromatic nitrogens is 1. The van der Waals surface area contributed by atoms with Gasteiger partial charge in [-0.3, -0.25) is 4.79 Å². The Morgan fingerprint density at radius 2 is 1.96 bits per heavy atom. The van der Waals surface area contributed by atoms with Crippen LogP contribution in [0.5, 0.6) is 0 Å². The quantitative estimate of drug-likeness (QED) is 0.632. The van der Waals surface area contributed by atoms with E-state index >= 15 is 0 Å². The van der Waals surface area contributed by atoms with Gasteiger partial charge in [0.1, 0.15) is 10.7 Å². The number of amides is 1. The maximum atomic E-state index is 12.5. The number of nitrogens with zero attached hydrogens (tertiary/aromatic N) is 1. The normalized spacial score (nSPS) is 10.4. The largest absolute Gasteiger partial charge is 0.382 e. The van der Waals surface area contributed by atoms with Crippen molar-refractivity contribution in [3.05, 3.63) is 64.0 Å². The van der Waals surface area contributed by atoms with Crippen LogP contribution in [0.4, 0.5) is 22.3 Å². The summed E-state index contributed by atoms with van der Waals surface area (Å²) in [6.07, 6.45) is 0. The number of rotatable bonds is 4. The molecule has 0 spiro atoms. The molecule has 7 heteroatoms. The molecule has 122 valence electrons. The van der Waals surface area contributed by atoms with Gasteiger partial charge in [-0.15, -0.1) is 0 Å². The summed E-state index contributed by atoms with van der Waals surface area (Å²) in [5.74, 6) is -0.118. The number of hydrogen-bond acceptors (Lipinski definition) is 5. The Hall–Kier alpha value is -2.57. The smallest absolute Gasteiger partial charge is 0.269 e. The molecule has 1 amide bonds. The summed E-state index contributed by atoms with van der Waals surface area (Å²) in [4.78, 5) is 17.0. The lowest BCUT2D eigenvalue weighted by atomic mass is 10.2. The molecule has 0 fully saturated rings. The number of thiazole rings is 1. The molecule has 0 radical (unpaired) electrons. The van der Waals surface area contributed by atoms with Crippen molar-refractivity contribution in [3.63, 3.8) is 0 Å². The van der Waals surface area contributed by atoms with Crippen molar-refractivity contribution >= 4 is 51.2 Å². The molecule has 5 nitrogen and oxygen atoms in total. The predicted molar refractivity (Wildman–Crippen MR) is 100 cm³/mol. The molecule has 0 saturated heterocycles. The van der Waals surface area contributed by atoms with Crippen molar-refractivity contribution in [2.24, 2.45) is 0 Å². The van der Waals surface area contributed by atoms with E-state index in [0.717, 1.165) is 11.3 Å². The number of nitrogens with one attached hydrogen (secondary N) is 2. The first-order chi connectivity index (χ1) is 11.5. The van der Waals surface area contributed by atoms with E-state index in [1.807, 2.05) is 43.3 Å². The zero-order valence-corrected chi connectivity index (χ0v) is 14.4. The molecule has 4 N–H and O–H groups in total. The fourth-order valence-electron chi connectivity index (χ4n) is 2.10. The lowest BCUT2D eigenvalue weighted by Gasteiger charge is -2.07. The van der Waals surface area contributed by atoms with Gasteiger partial charge in [-0.05, 0) is 36.8 Å². The van der Waals surface area contributed by atoms with E-state index in [-0.39, 0.29) is 11.7 Å². The first-order valence-corrected chi connectivity index (χ1v) is 8.38. The van der Waals surface area contributed by atoms with Crippen molar-refractivity contribution in [2.45, 2.75) is 6.92 Å². The van der Waals surface area contributed by atoms with Gasteiger partial charge in [-0.25, -0.2) is 4.98 Å². The molecule has 2 aromatic carbocycles. The molecule has 0 atom stereocenters. The summed E-state index contributed by atoms with van der Waals surface area (Å²) in [5.41, 5.74) is 8.33. The van der Waals surface area contributed by atoms with Gasteiger partial charge in [-0.1, -0.05) is 47.2 Å². The van der Waals surface area contributed by atoms with Crippen molar-refractivity contribution in [2.75, 3.05) is 16.4 Å². The van der Waals surface area contributed by atoms with Crippen LogP contribution in [0.1, 0.15) is 15.2 Å². The first kappa shape index (κ1) is 16.3. The zero-order chi connectivity index (χ0) is 17.1. The van der Waals surface area contributed by atoms with E-state index in [4.69, 9.17) is 17.3 Å².